The van der Waals surface area contributed by atoms with E-state index in [1.807, 2.05) is 30.3 Å². The number of nitrogens with zero attached hydrogens (tertiary/aromatic N) is 1. The normalized spacial score (nSPS) is 28.6. The molecule has 2 aromatic carbocycles. The number of benzene rings is 2. The highest BCUT2D eigenvalue weighted by atomic mass is 32.2. The topological polar surface area (TPSA) is 57.6 Å². The van der Waals surface area contributed by atoms with Crippen LogP contribution in [-0.2, 0) is 22.0 Å². The number of hydrogen-bond donors (Lipinski definition) is 1. The van der Waals surface area contributed by atoms with Gasteiger partial charge in [-0.05, 0) is 42.5 Å². The Bertz CT molecular complexity index is 911. The van der Waals surface area contributed by atoms with Crippen LogP contribution >= 0.6 is 0 Å². The fourth-order valence-electron chi connectivity index (χ4n) is 5.13. The van der Waals surface area contributed by atoms with Crippen LogP contribution in [0, 0.1) is 5.92 Å². The van der Waals surface area contributed by atoms with Crippen LogP contribution in [0.4, 0.5) is 0 Å². The molecular formula is C23H29NO3S. The second kappa shape index (κ2) is 7.62. The van der Waals surface area contributed by atoms with Crippen LogP contribution < -0.4 is 0 Å². The lowest BCUT2D eigenvalue weighted by Gasteiger charge is -2.52. The molecule has 0 unspecified atom stereocenters. The molecule has 1 aliphatic heterocycles. The summed E-state index contributed by atoms with van der Waals surface area (Å²) in [6.07, 6.45) is 6.52. The molecule has 4 rings (SSSR count). The van der Waals surface area contributed by atoms with Crippen LogP contribution in [0.25, 0.3) is 0 Å². The SMILES string of the molecule is CS(=O)(=O)c1ccc(CN2CC[C@@](O)(c3ccccc3)[C@H]3CCCC[C@H]32)cc1. The number of piperidine rings is 1. The average Bonchev–Trinajstić information content (AvgIpc) is 2.71. The zero-order valence-electron chi connectivity index (χ0n) is 16.4. The highest BCUT2D eigenvalue weighted by Gasteiger charge is 2.48. The van der Waals surface area contributed by atoms with Gasteiger partial charge in [0.1, 0.15) is 0 Å². The van der Waals surface area contributed by atoms with Gasteiger partial charge in [-0.3, -0.25) is 4.90 Å². The van der Waals surface area contributed by atoms with Crippen molar-refractivity contribution in [3.05, 3.63) is 65.7 Å². The van der Waals surface area contributed by atoms with Gasteiger partial charge in [-0.2, -0.15) is 0 Å². The highest BCUT2D eigenvalue weighted by molar-refractivity contribution is 7.90. The molecule has 0 radical (unpaired) electrons. The van der Waals surface area contributed by atoms with Crippen LogP contribution in [0.3, 0.4) is 0 Å². The van der Waals surface area contributed by atoms with Gasteiger partial charge in [-0.15, -0.1) is 0 Å². The van der Waals surface area contributed by atoms with Gasteiger partial charge in [0, 0.05) is 31.3 Å². The van der Waals surface area contributed by atoms with E-state index in [-0.39, 0.29) is 5.92 Å². The van der Waals surface area contributed by atoms with Crippen LogP contribution in [0.1, 0.15) is 43.2 Å². The zero-order chi connectivity index (χ0) is 19.8. The Kier molecular flexibility index (Phi) is 5.34. The summed E-state index contributed by atoms with van der Waals surface area (Å²) in [6.45, 7) is 1.65. The van der Waals surface area contributed by atoms with Gasteiger partial charge in [0.25, 0.3) is 0 Å². The Hall–Kier alpha value is -1.69. The standard InChI is InChI=1S/C23H29NO3S/c1-28(26,27)20-13-11-18(12-14-20)17-24-16-15-23(25,19-7-3-2-4-8-19)21-9-5-6-10-22(21)24/h2-4,7-8,11-14,21-22,25H,5-6,9-10,15-17H2,1H3/t21-,22+,23+/m0/s1. The first kappa shape index (κ1) is 19.6. The lowest BCUT2D eigenvalue weighted by atomic mass is 9.66. The van der Waals surface area contributed by atoms with Crippen molar-refractivity contribution in [2.45, 2.75) is 55.2 Å². The maximum Gasteiger partial charge on any atom is 0.175 e. The van der Waals surface area contributed by atoms with Crippen molar-refractivity contribution in [1.82, 2.24) is 4.90 Å². The van der Waals surface area contributed by atoms with Crippen LogP contribution in [0.5, 0.6) is 0 Å². The molecule has 2 aromatic rings. The predicted molar refractivity (Wildman–Crippen MR) is 111 cm³/mol. The molecule has 0 spiro atoms. The van der Waals surface area contributed by atoms with Crippen LogP contribution in [-0.4, -0.2) is 37.3 Å². The molecule has 4 nitrogen and oxygen atoms in total. The molecule has 5 heteroatoms. The van der Waals surface area contributed by atoms with Crippen LogP contribution in [0.15, 0.2) is 59.5 Å². The molecule has 1 N–H and O–H groups in total. The first-order valence-corrected chi connectivity index (χ1v) is 12.1. The van der Waals surface area contributed by atoms with E-state index in [1.165, 1.54) is 19.1 Å². The minimum Gasteiger partial charge on any atom is -0.385 e. The molecule has 150 valence electrons. The van der Waals surface area contributed by atoms with E-state index < -0.39 is 15.4 Å². The van der Waals surface area contributed by atoms with Crippen molar-refractivity contribution in [3.63, 3.8) is 0 Å². The van der Waals surface area contributed by atoms with E-state index in [4.69, 9.17) is 0 Å². The van der Waals surface area contributed by atoms with E-state index in [9.17, 15) is 13.5 Å². The Morgan fingerprint density at radius 3 is 2.39 bits per heavy atom. The predicted octanol–water partition coefficient (Wildman–Crippen LogP) is 3.74. The minimum absolute atomic E-state index is 0.243. The molecule has 0 amide bonds. The van der Waals surface area contributed by atoms with Crippen molar-refractivity contribution in [2.75, 3.05) is 12.8 Å². The van der Waals surface area contributed by atoms with Crippen molar-refractivity contribution >= 4 is 9.84 Å². The quantitative estimate of drug-likeness (QED) is 0.851. The summed E-state index contributed by atoms with van der Waals surface area (Å²) in [5.74, 6) is 0.243. The monoisotopic (exact) mass is 399 g/mol. The van der Waals surface area contributed by atoms with Gasteiger partial charge in [0.15, 0.2) is 9.84 Å². The van der Waals surface area contributed by atoms with Crippen molar-refractivity contribution in [3.8, 4) is 0 Å². The molecule has 1 saturated heterocycles. The second-order valence-corrected chi connectivity index (χ2v) is 10.4. The average molecular weight is 400 g/mol. The lowest BCUT2D eigenvalue weighted by Crippen LogP contribution is -2.57. The fourth-order valence-corrected chi connectivity index (χ4v) is 5.76. The number of aliphatic hydroxyl groups is 1. The molecule has 1 saturated carbocycles. The number of rotatable bonds is 4. The summed E-state index contributed by atoms with van der Waals surface area (Å²) in [6, 6.07) is 17.8. The molecular weight excluding hydrogens is 370 g/mol. The van der Waals surface area contributed by atoms with Gasteiger partial charge in [-0.1, -0.05) is 55.3 Å². The van der Waals surface area contributed by atoms with E-state index >= 15 is 0 Å². The summed E-state index contributed by atoms with van der Waals surface area (Å²) in [7, 11) is -3.16. The van der Waals surface area contributed by atoms with E-state index in [0.29, 0.717) is 10.9 Å². The summed E-state index contributed by atoms with van der Waals surface area (Å²) in [5.41, 5.74) is 1.43. The maximum absolute atomic E-state index is 11.7. The van der Waals surface area contributed by atoms with Crippen LogP contribution in [0.2, 0.25) is 0 Å². The molecule has 1 aliphatic carbocycles. The summed E-state index contributed by atoms with van der Waals surface area (Å²) >= 11 is 0. The first-order valence-electron chi connectivity index (χ1n) is 10.2. The molecule has 2 fully saturated rings. The second-order valence-electron chi connectivity index (χ2n) is 8.39. The summed E-state index contributed by atoms with van der Waals surface area (Å²) in [4.78, 5) is 2.86. The number of sulfone groups is 1. The number of fused-ring (bicyclic) bond motifs is 1. The van der Waals surface area contributed by atoms with Gasteiger partial charge in [-0.25, -0.2) is 8.42 Å². The Morgan fingerprint density at radius 2 is 1.71 bits per heavy atom. The summed E-state index contributed by atoms with van der Waals surface area (Å²) < 4.78 is 23.4. The smallest absolute Gasteiger partial charge is 0.175 e. The van der Waals surface area contributed by atoms with Gasteiger partial charge < -0.3 is 5.11 Å². The first-order chi connectivity index (χ1) is 13.4. The third-order valence-corrected chi connectivity index (χ3v) is 7.73. The molecule has 1 heterocycles. The molecule has 0 aromatic heterocycles. The maximum atomic E-state index is 11.7. The van der Waals surface area contributed by atoms with Gasteiger partial charge in [0.05, 0.1) is 10.5 Å². The molecule has 2 aliphatic rings. The molecule has 3 atom stereocenters. The van der Waals surface area contributed by atoms with Crippen molar-refractivity contribution in [2.24, 2.45) is 5.92 Å². The van der Waals surface area contributed by atoms with E-state index in [2.05, 4.69) is 17.0 Å². The largest absolute Gasteiger partial charge is 0.385 e. The number of hydrogen-bond acceptors (Lipinski definition) is 4. The lowest BCUT2D eigenvalue weighted by molar-refractivity contribution is -0.123. The molecule has 0 bridgehead atoms. The third-order valence-electron chi connectivity index (χ3n) is 6.60. The minimum atomic E-state index is -3.16. The van der Waals surface area contributed by atoms with Crippen molar-refractivity contribution in [1.29, 1.82) is 0 Å². The van der Waals surface area contributed by atoms with Crippen molar-refractivity contribution < 1.29 is 13.5 Å². The fraction of sp³-hybridized carbons (Fsp3) is 0.478. The van der Waals surface area contributed by atoms with Gasteiger partial charge in [0.2, 0.25) is 0 Å². The molecule has 28 heavy (non-hydrogen) atoms. The highest BCUT2D eigenvalue weighted by Crippen LogP contribution is 2.47. The van der Waals surface area contributed by atoms with Gasteiger partial charge >= 0.3 is 0 Å². The van der Waals surface area contributed by atoms with E-state index in [1.54, 1.807) is 12.1 Å². The number of likely N-dealkylation sites (tertiary alicyclic amines) is 1. The Balaban J connectivity index is 1.56. The third kappa shape index (κ3) is 3.76. The Morgan fingerprint density at radius 1 is 1.04 bits per heavy atom. The Labute approximate surface area is 168 Å². The zero-order valence-corrected chi connectivity index (χ0v) is 17.2. The van der Waals surface area contributed by atoms with E-state index in [0.717, 1.165) is 43.5 Å². The summed E-state index contributed by atoms with van der Waals surface area (Å²) in [5, 5.41) is 11.7.